The summed E-state index contributed by atoms with van der Waals surface area (Å²) >= 11 is 5.85. The Balaban J connectivity index is 2.32. The number of methoxy groups -OCH3 is 1. The average molecular weight is 343 g/mol. The van der Waals surface area contributed by atoms with Gasteiger partial charge in [-0.15, -0.1) is 0 Å². The Hall–Kier alpha value is -2.75. The van der Waals surface area contributed by atoms with Crippen molar-refractivity contribution < 1.29 is 19.1 Å². The number of carbonyl (C=O) groups is 2. The van der Waals surface area contributed by atoms with Crippen LogP contribution in [0.1, 0.15) is 27.9 Å². The summed E-state index contributed by atoms with van der Waals surface area (Å²) < 4.78 is 5.39. The van der Waals surface area contributed by atoms with E-state index in [0.717, 1.165) is 11.8 Å². The summed E-state index contributed by atoms with van der Waals surface area (Å²) in [6.45, 7) is 0. The van der Waals surface area contributed by atoms with Gasteiger partial charge in [0.25, 0.3) is 0 Å². The van der Waals surface area contributed by atoms with E-state index < -0.39 is 0 Å². The molecule has 0 unspecified atom stereocenters. The van der Waals surface area contributed by atoms with Crippen LogP contribution in [-0.4, -0.2) is 29.7 Å². The molecule has 2 aromatic carbocycles. The molecule has 122 valence electrons. The molecule has 0 aliphatic rings. The van der Waals surface area contributed by atoms with Crippen LogP contribution in [0.25, 0.3) is 5.53 Å². The number of Topliss-reactive ketones (excluding diaryl/α,β-unsaturated/α-hetero) is 1. The molecule has 0 saturated carbocycles. The molecule has 0 saturated heterocycles. The van der Waals surface area contributed by atoms with Gasteiger partial charge in [-0.25, -0.2) is 0 Å². The van der Waals surface area contributed by atoms with E-state index in [1.54, 1.807) is 42.5 Å². The molecule has 2 rings (SSSR count). The van der Waals surface area contributed by atoms with E-state index in [4.69, 9.17) is 21.9 Å². The van der Waals surface area contributed by atoms with E-state index in [-0.39, 0.29) is 18.0 Å². The van der Waals surface area contributed by atoms with E-state index in [0.29, 0.717) is 28.3 Å². The highest BCUT2D eigenvalue weighted by atomic mass is 35.5. The Labute approximate surface area is 144 Å². The minimum absolute atomic E-state index is 0.152. The van der Waals surface area contributed by atoms with Crippen LogP contribution < -0.4 is 4.74 Å². The molecule has 0 amide bonds. The molecule has 5 nitrogen and oxygen atoms in total. The van der Waals surface area contributed by atoms with Crippen molar-refractivity contribution in [3.63, 3.8) is 0 Å². The summed E-state index contributed by atoms with van der Waals surface area (Å²) in [5.74, 6) is -0.0613. The van der Waals surface area contributed by atoms with E-state index in [9.17, 15) is 9.59 Å². The van der Waals surface area contributed by atoms with Crippen molar-refractivity contribution in [1.82, 2.24) is 0 Å². The quantitative estimate of drug-likeness (QED) is 0.335. The molecule has 0 N–H and O–H groups in total. The van der Waals surface area contributed by atoms with E-state index in [2.05, 4.69) is 4.79 Å². The van der Waals surface area contributed by atoms with Gasteiger partial charge in [0.15, 0.2) is 5.78 Å². The monoisotopic (exact) mass is 342 g/mol. The van der Waals surface area contributed by atoms with E-state index >= 15 is 0 Å². The average Bonchev–Trinajstić information content (AvgIpc) is 2.59. The van der Waals surface area contributed by atoms with Gasteiger partial charge in [-0.2, -0.15) is 4.79 Å². The standard InChI is InChI=1S/C18H15ClN2O3/c1-24-18-13(7-10-15(22)11-21-20)3-2-4-16(18)17(23)12-5-8-14(19)9-6-12/h2-6,8-9,11H,7,10H2,1H3. The van der Waals surface area contributed by atoms with Crippen LogP contribution in [0.15, 0.2) is 42.5 Å². The van der Waals surface area contributed by atoms with Gasteiger partial charge in [0, 0.05) is 17.0 Å². The maximum Gasteiger partial charge on any atom is 0.323 e. The predicted molar refractivity (Wildman–Crippen MR) is 90.9 cm³/mol. The van der Waals surface area contributed by atoms with Crippen molar-refractivity contribution >= 4 is 29.4 Å². The number of ketones is 2. The lowest BCUT2D eigenvalue weighted by molar-refractivity contribution is -0.116. The lowest BCUT2D eigenvalue weighted by atomic mass is 9.97. The number of ether oxygens (including phenoxy) is 1. The van der Waals surface area contributed by atoms with Gasteiger partial charge in [-0.1, -0.05) is 23.7 Å². The van der Waals surface area contributed by atoms with Gasteiger partial charge in [0.1, 0.15) is 5.75 Å². The predicted octanol–water partition coefficient (Wildman–Crippen LogP) is 3.38. The minimum atomic E-state index is -0.311. The molecule has 6 heteroatoms. The number of hydrogen-bond donors (Lipinski definition) is 0. The summed E-state index contributed by atoms with van der Waals surface area (Å²) in [6.07, 6.45) is 1.38. The number of benzene rings is 2. The largest absolute Gasteiger partial charge is 0.496 e. The fourth-order valence-electron chi connectivity index (χ4n) is 2.35. The maximum absolute atomic E-state index is 12.7. The zero-order chi connectivity index (χ0) is 17.5. The van der Waals surface area contributed by atoms with Crippen LogP contribution in [0.2, 0.25) is 5.02 Å². The molecule has 0 aliphatic heterocycles. The zero-order valence-corrected chi connectivity index (χ0v) is 13.8. The molecule has 24 heavy (non-hydrogen) atoms. The lowest BCUT2D eigenvalue weighted by Gasteiger charge is -2.12. The van der Waals surface area contributed by atoms with Gasteiger partial charge in [-0.3, -0.25) is 9.59 Å². The normalized spacial score (nSPS) is 9.92. The second-order valence-corrected chi connectivity index (χ2v) is 5.48. The highest BCUT2D eigenvalue weighted by Crippen LogP contribution is 2.27. The van der Waals surface area contributed by atoms with E-state index in [1.807, 2.05) is 0 Å². The highest BCUT2D eigenvalue weighted by molar-refractivity contribution is 6.30. The minimum Gasteiger partial charge on any atom is -0.496 e. The number of carbonyl (C=O) groups excluding carboxylic acids is 2. The number of hydrogen-bond acceptors (Lipinski definition) is 3. The fraction of sp³-hybridized carbons (Fsp3) is 0.167. The first-order chi connectivity index (χ1) is 11.6. The van der Waals surface area contributed by atoms with Crippen molar-refractivity contribution in [3.05, 3.63) is 69.7 Å². The van der Waals surface area contributed by atoms with Gasteiger partial charge in [0.2, 0.25) is 5.78 Å². The summed E-state index contributed by atoms with van der Waals surface area (Å²) in [5, 5.41) is 0.552. The van der Waals surface area contributed by atoms with Crippen molar-refractivity contribution in [3.8, 4) is 5.75 Å². The second kappa shape index (κ2) is 8.20. The zero-order valence-electron chi connectivity index (χ0n) is 13.0. The van der Waals surface area contributed by atoms with Crippen LogP contribution in [0.4, 0.5) is 0 Å². The first-order valence-electron chi connectivity index (χ1n) is 7.23. The molecule has 0 aliphatic carbocycles. The molecule has 0 bridgehead atoms. The molecule has 0 spiro atoms. The number of aryl methyl sites for hydroxylation is 1. The number of nitrogens with zero attached hydrogens (tertiary/aromatic N) is 2. The number of halogens is 1. The Bertz CT molecular complexity index is 810. The van der Waals surface area contributed by atoms with Crippen LogP contribution in [-0.2, 0) is 11.2 Å². The summed E-state index contributed by atoms with van der Waals surface area (Å²) in [6, 6.07) is 11.8. The smallest absolute Gasteiger partial charge is 0.323 e. The Kier molecular flexibility index (Phi) is 6.01. The fourth-order valence-corrected chi connectivity index (χ4v) is 2.47. The third-order valence-corrected chi connectivity index (χ3v) is 3.75. The summed E-state index contributed by atoms with van der Waals surface area (Å²) in [4.78, 5) is 26.9. The molecular formula is C18H15ClN2O3. The SMILES string of the molecule is COc1c(CCC(=O)C=[N+]=[N-])cccc1C(=O)c1ccc(Cl)cc1. The number of rotatable bonds is 7. The van der Waals surface area contributed by atoms with Crippen molar-refractivity contribution in [2.24, 2.45) is 0 Å². The molecule has 2 aromatic rings. The molecule has 0 atom stereocenters. The van der Waals surface area contributed by atoms with Crippen LogP contribution in [0, 0.1) is 0 Å². The highest BCUT2D eigenvalue weighted by Gasteiger charge is 2.18. The van der Waals surface area contributed by atoms with E-state index in [1.165, 1.54) is 7.11 Å². The number of para-hydroxylation sites is 1. The van der Waals surface area contributed by atoms with Crippen molar-refractivity contribution in [1.29, 1.82) is 0 Å². The van der Waals surface area contributed by atoms with Crippen molar-refractivity contribution in [2.75, 3.05) is 7.11 Å². The third kappa shape index (κ3) is 4.16. The maximum atomic E-state index is 12.7. The summed E-state index contributed by atoms with van der Waals surface area (Å²) in [7, 11) is 1.48. The molecule has 0 aromatic heterocycles. The lowest BCUT2D eigenvalue weighted by Crippen LogP contribution is -2.08. The molecule has 0 heterocycles. The summed E-state index contributed by atoms with van der Waals surface area (Å²) in [5.41, 5.74) is 10.0. The first-order valence-corrected chi connectivity index (χ1v) is 7.61. The van der Waals surface area contributed by atoms with Crippen LogP contribution in [0.3, 0.4) is 0 Å². The van der Waals surface area contributed by atoms with Crippen molar-refractivity contribution in [2.45, 2.75) is 12.8 Å². The topological polar surface area (TPSA) is 79.8 Å². The third-order valence-electron chi connectivity index (χ3n) is 3.49. The Morgan fingerprint density at radius 1 is 1.21 bits per heavy atom. The van der Waals surface area contributed by atoms with Gasteiger partial charge in [0.05, 0.1) is 12.7 Å². The van der Waals surface area contributed by atoms with Crippen LogP contribution in [0.5, 0.6) is 5.75 Å². The van der Waals surface area contributed by atoms with Crippen LogP contribution >= 0.6 is 11.6 Å². The second-order valence-electron chi connectivity index (χ2n) is 5.04. The first kappa shape index (κ1) is 17.6. The Morgan fingerprint density at radius 3 is 2.54 bits per heavy atom. The van der Waals surface area contributed by atoms with Gasteiger partial charge in [-0.05, 0) is 42.3 Å². The molecule has 0 radical (unpaired) electrons. The molecular weight excluding hydrogens is 328 g/mol. The molecule has 0 fully saturated rings. The van der Waals surface area contributed by atoms with Gasteiger partial charge >= 0.3 is 6.21 Å². The van der Waals surface area contributed by atoms with Gasteiger partial charge < -0.3 is 10.3 Å². The Morgan fingerprint density at radius 2 is 1.92 bits per heavy atom.